The molecule has 7 rings (SSSR count). The van der Waals surface area contributed by atoms with E-state index in [0.29, 0.717) is 22.9 Å². The van der Waals surface area contributed by atoms with E-state index in [2.05, 4.69) is 87.6 Å². The molecule has 0 saturated carbocycles. The number of nitro groups is 1. The van der Waals surface area contributed by atoms with Gasteiger partial charge in [-0.3, -0.25) is 10.1 Å². The zero-order valence-electron chi connectivity index (χ0n) is 23.6. The van der Waals surface area contributed by atoms with Gasteiger partial charge in [-0.05, 0) is 47.4 Å². The van der Waals surface area contributed by atoms with Gasteiger partial charge in [-0.15, -0.1) is 11.8 Å². The van der Waals surface area contributed by atoms with Crippen molar-refractivity contribution in [2.24, 2.45) is 5.14 Å². The monoisotopic (exact) mass is 632 g/mol. The summed E-state index contributed by atoms with van der Waals surface area (Å²) >= 11 is 1.93. The lowest BCUT2D eigenvalue weighted by Gasteiger charge is -2.37. The van der Waals surface area contributed by atoms with E-state index < -0.39 is 27.3 Å². The van der Waals surface area contributed by atoms with Crippen molar-refractivity contribution in [2.45, 2.75) is 28.7 Å². The molecule has 4 aromatic carbocycles. The minimum absolute atomic E-state index is 0.0517. The van der Waals surface area contributed by atoms with Gasteiger partial charge in [0.1, 0.15) is 0 Å². The van der Waals surface area contributed by atoms with Crippen molar-refractivity contribution in [1.29, 1.82) is 0 Å². The first-order valence-corrected chi connectivity index (χ1v) is 16.4. The number of ether oxygens (including phenoxy) is 1. The molecule has 12 heteroatoms. The third-order valence-corrected chi connectivity index (χ3v) is 9.76. The number of benzene rings is 4. The van der Waals surface area contributed by atoms with Crippen molar-refractivity contribution in [3.05, 3.63) is 153 Å². The summed E-state index contributed by atoms with van der Waals surface area (Å²) in [6.45, 7) is 1.10. The minimum Gasteiger partial charge on any atom is -0.390 e. The van der Waals surface area contributed by atoms with Crippen LogP contribution in [0.5, 0.6) is 0 Å². The molecule has 0 spiro atoms. The molecule has 1 saturated heterocycles. The van der Waals surface area contributed by atoms with Gasteiger partial charge in [0.25, 0.3) is 10.2 Å². The number of carbonyl (C=O) groups is 1. The van der Waals surface area contributed by atoms with Crippen molar-refractivity contribution in [3.8, 4) is 0 Å². The summed E-state index contributed by atoms with van der Waals surface area (Å²) in [4.78, 5) is 20.9. The van der Waals surface area contributed by atoms with Crippen LogP contribution in [0.4, 0.5) is 0 Å². The molecule has 0 aliphatic carbocycles. The van der Waals surface area contributed by atoms with E-state index in [9.17, 15) is 23.3 Å². The molecule has 4 N–H and O–H groups in total. The third kappa shape index (κ3) is 7.34. The number of nitrogens with one attached hydrogen (secondary N) is 2. The second-order valence-electron chi connectivity index (χ2n) is 10.4. The topological polar surface area (TPSA) is 154 Å². The molecular weight excluding hydrogens is 601 g/mol. The Bertz CT molecular complexity index is 1580. The lowest BCUT2D eigenvalue weighted by Crippen LogP contribution is -2.40. The number of nitrogens with two attached hydrogens (primary N) is 1. The number of rotatable bonds is 9. The molecule has 44 heavy (non-hydrogen) atoms. The van der Waals surface area contributed by atoms with Gasteiger partial charge in [-0.1, -0.05) is 91.0 Å². The molecule has 4 aromatic rings. The minimum atomic E-state index is -3.69. The summed E-state index contributed by atoms with van der Waals surface area (Å²) in [7, 11) is -3.69. The zero-order chi connectivity index (χ0) is 31.2. The Morgan fingerprint density at radius 3 is 1.84 bits per heavy atom. The molecule has 3 unspecified atom stereocenters. The summed E-state index contributed by atoms with van der Waals surface area (Å²) in [6, 6.07) is 37.9. The van der Waals surface area contributed by atoms with E-state index >= 15 is 0 Å². The molecule has 0 radical (unpaired) electrons. The molecule has 1 fully saturated rings. The Kier molecular flexibility index (Phi) is 9.77. The van der Waals surface area contributed by atoms with Crippen LogP contribution in [-0.2, 0) is 19.7 Å². The maximum absolute atomic E-state index is 11.3. The van der Waals surface area contributed by atoms with Gasteiger partial charge in [-0.25, -0.2) is 14.7 Å². The summed E-state index contributed by atoms with van der Waals surface area (Å²) < 4.78 is 29.2. The molecule has 228 valence electrons. The Morgan fingerprint density at radius 2 is 1.39 bits per heavy atom. The fraction of sp³-hybridized carbons (Fsp3) is 0.219. The highest BCUT2D eigenvalue weighted by molar-refractivity contribution is 8.01. The van der Waals surface area contributed by atoms with Crippen molar-refractivity contribution in [3.63, 3.8) is 0 Å². The molecule has 10 nitrogen and oxygen atoms in total. The highest BCUT2D eigenvalue weighted by Crippen LogP contribution is 2.51. The largest absolute Gasteiger partial charge is 0.390 e. The van der Waals surface area contributed by atoms with Crippen LogP contribution < -0.4 is 15.2 Å². The van der Waals surface area contributed by atoms with Crippen LogP contribution in [0.3, 0.4) is 0 Å². The Morgan fingerprint density at radius 1 is 0.886 bits per heavy atom. The number of thioether (sulfide) groups is 1. The summed E-state index contributed by atoms with van der Waals surface area (Å²) in [5.74, 6) is -0.651. The fourth-order valence-corrected chi connectivity index (χ4v) is 7.66. The number of hydrogen-bond donors (Lipinski definition) is 3. The number of fused-ring (bicyclic) bond motifs is 4. The van der Waals surface area contributed by atoms with Crippen LogP contribution in [0, 0.1) is 10.1 Å². The number of hydrogen-bond acceptors (Lipinski definition) is 8. The number of nitrogens with zero attached hydrogens (tertiary/aromatic N) is 1. The number of carbonyl (C=O) groups excluding carboxylic acids is 1. The fourth-order valence-electron chi connectivity index (χ4n) is 5.40. The van der Waals surface area contributed by atoms with E-state index in [1.807, 2.05) is 30.0 Å². The van der Waals surface area contributed by atoms with Gasteiger partial charge in [0.05, 0.1) is 20.8 Å². The first-order valence-electron chi connectivity index (χ1n) is 14.0. The summed E-state index contributed by atoms with van der Waals surface area (Å²) in [6.07, 6.45) is -0.512. The van der Waals surface area contributed by atoms with Crippen LogP contribution in [0.1, 0.15) is 45.3 Å². The Balaban J connectivity index is 0.000000245. The van der Waals surface area contributed by atoms with Crippen LogP contribution in [0.25, 0.3) is 0 Å². The molecule has 3 atom stereocenters. The normalized spacial score (nSPS) is 19.4. The van der Waals surface area contributed by atoms with Crippen LogP contribution in [0.15, 0.2) is 115 Å². The predicted molar refractivity (Wildman–Crippen MR) is 170 cm³/mol. The quantitative estimate of drug-likeness (QED) is 0.106. The third-order valence-electron chi connectivity index (χ3n) is 7.44. The second kappa shape index (κ2) is 13.7. The van der Waals surface area contributed by atoms with Crippen molar-refractivity contribution >= 4 is 27.9 Å². The highest BCUT2D eigenvalue weighted by Gasteiger charge is 2.41. The van der Waals surface area contributed by atoms with Gasteiger partial charge >= 0.3 is 12.2 Å². The molecule has 0 aromatic heterocycles. The highest BCUT2D eigenvalue weighted by atomic mass is 32.2. The van der Waals surface area contributed by atoms with Gasteiger partial charge < -0.3 is 10.1 Å². The number of esters is 1. The van der Waals surface area contributed by atoms with Gasteiger partial charge in [0.15, 0.2) is 0 Å². The SMILES string of the molecule is NS(=O)(=O)NCC1CC(SC(c2ccccc2)(c2ccccc2)c2ccccc2)CN1.O=C1OC([N+](=O)[O-])c2ccc1cc2. The van der Waals surface area contributed by atoms with E-state index in [0.717, 1.165) is 13.0 Å². The van der Waals surface area contributed by atoms with Gasteiger partial charge in [0, 0.05) is 24.4 Å². The maximum atomic E-state index is 11.3. The second-order valence-corrected chi connectivity index (χ2v) is 13.3. The average molecular weight is 633 g/mol. The van der Waals surface area contributed by atoms with E-state index in [-0.39, 0.29) is 10.8 Å². The first-order chi connectivity index (χ1) is 21.2. The zero-order valence-corrected chi connectivity index (χ0v) is 25.2. The first kappa shape index (κ1) is 31.4. The lowest BCUT2D eigenvalue weighted by atomic mass is 9.84. The maximum Gasteiger partial charge on any atom is 0.383 e. The molecule has 3 heterocycles. The van der Waals surface area contributed by atoms with Crippen LogP contribution >= 0.6 is 11.8 Å². The summed E-state index contributed by atoms with van der Waals surface area (Å²) in [5, 5.41) is 19.3. The molecule has 0 amide bonds. The van der Waals surface area contributed by atoms with E-state index in [1.165, 1.54) is 41.0 Å². The summed E-state index contributed by atoms with van der Waals surface area (Å²) in [5.41, 5.74) is 4.41. The van der Waals surface area contributed by atoms with E-state index in [1.54, 1.807) is 0 Å². The standard InChI is InChI=1S/C24H27N3O2S2.C8H5NO4/c25-31(28,29)27-17-22-16-23(18-26-22)30-24(19-10-4-1-5-11-19,20-12-6-2-7-13-20)21-14-8-3-9-15-21;10-8-6-3-1-5(2-4-6)7(13-8)9(11)12/h1-15,22-23,26-27H,16-18H2,(H2,25,28,29);1-4,7H. The van der Waals surface area contributed by atoms with Crippen molar-refractivity contribution in [1.82, 2.24) is 10.0 Å². The van der Waals surface area contributed by atoms with Crippen LogP contribution in [-0.4, -0.2) is 43.7 Å². The van der Waals surface area contributed by atoms with Crippen LogP contribution in [0.2, 0.25) is 0 Å². The smallest absolute Gasteiger partial charge is 0.383 e. The van der Waals surface area contributed by atoms with Gasteiger partial charge in [0.2, 0.25) is 0 Å². The molecular formula is C32H32N4O6S2. The molecule has 2 bridgehead atoms. The van der Waals surface area contributed by atoms with Crippen molar-refractivity contribution < 1.29 is 22.9 Å². The Hall–Kier alpha value is -4.07. The van der Waals surface area contributed by atoms with Crippen molar-refractivity contribution in [2.75, 3.05) is 13.1 Å². The van der Waals surface area contributed by atoms with E-state index in [4.69, 9.17) is 5.14 Å². The molecule has 3 aliphatic rings. The van der Waals surface area contributed by atoms with Gasteiger partial charge in [-0.2, -0.15) is 8.42 Å². The molecule has 3 aliphatic heterocycles. The lowest BCUT2D eigenvalue weighted by molar-refractivity contribution is -0.574. The average Bonchev–Trinajstić information content (AvgIpc) is 3.36. The predicted octanol–water partition coefficient (Wildman–Crippen LogP) is 4.37. The Labute approximate surface area is 260 Å².